The molecule has 22 heavy (non-hydrogen) atoms. The van der Waals surface area contributed by atoms with Gasteiger partial charge in [-0.1, -0.05) is 6.07 Å². The van der Waals surface area contributed by atoms with E-state index in [0.717, 1.165) is 47.8 Å². The summed E-state index contributed by atoms with van der Waals surface area (Å²) in [5.41, 5.74) is 2.19. The van der Waals surface area contributed by atoms with E-state index in [4.69, 9.17) is 4.74 Å². The van der Waals surface area contributed by atoms with E-state index in [9.17, 15) is 0 Å². The fourth-order valence-corrected chi connectivity index (χ4v) is 3.00. The van der Waals surface area contributed by atoms with Gasteiger partial charge in [0.15, 0.2) is 0 Å². The predicted octanol–water partition coefficient (Wildman–Crippen LogP) is 3.88. The molecule has 5 nitrogen and oxygen atoms in total. The lowest BCUT2D eigenvalue weighted by molar-refractivity contribution is 0.120. The lowest BCUT2D eigenvalue weighted by Crippen LogP contribution is -2.19. The fraction of sp³-hybridized carbons (Fsp3) is 0.375. The van der Waals surface area contributed by atoms with E-state index in [1.165, 1.54) is 5.56 Å². The molecule has 0 amide bonds. The average molecular weight is 363 g/mol. The Hall–Kier alpha value is -1.66. The number of nitrogens with one attached hydrogen (secondary N) is 2. The second-order valence-electron chi connectivity index (χ2n) is 5.41. The first kappa shape index (κ1) is 15.2. The summed E-state index contributed by atoms with van der Waals surface area (Å²) in [6.45, 7) is 3.71. The number of aromatic nitrogens is 2. The molecule has 1 saturated heterocycles. The minimum Gasteiger partial charge on any atom is -0.376 e. The molecule has 1 fully saturated rings. The number of hydrogen-bond acceptors (Lipinski definition) is 5. The molecule has 3 rings (SSSR count). The van der Waals surface area contributed by atoms with E-state index in [0.29, 0.717) is 0 Å². The maximum Gasteiger partial charge on any atom is 0.135 e. The quantitative estimate of drug-likeness (QED) is 0.844. The third-order valence-electron chi connectivity index (χ3n) is 3.59. The van der Waals surface area contributed by atoms with Crippen molar-refractivity contribution in [3.63, 3.8) is 0 Å². The van der Waals surface area contributed by atoms with Crippen molar-refractivity contribution < 1.29 is 4.74 Å². The van der Waals surface area contributed by atoms with Crippen molar-refractivity contribution in [2.24, 2.45) is 0 Å². The number of aryl methyl sites for hydroxylation is 1. The monoisotopic (exact) mass is 362 g/mol. The second kappa shape index (κ2) is 7.07. The summed E-state index contributed by atoms with van der Waals surface area (Å²) in [6, 6.07) is 8.06. The van der Waals surface area contributed by atoms with Gasteiger partial charge in [-0.3, -0.25) is 0 Å². The smallest absolute Gasteiger partial charge is 0.135 e. The SMILES string of the molecule is Cc1ccc(Nc2cc(NCC3CCCO3)ncn2)c(Br)c1. The summed E-state index contributed by atoms with van der Waals surface area (Å²) in [4.78, 5) is 8.51. The molecule has 0 spiro atoms. The molecule has 1 unspecified atom stereocenters. The van der Waals surface area contributed by atoms with E-state index in [1.54, 1.807) is 6.33 Å². The lowest BCUT2D eigenvalue weighted by atomic mass is 10.2. The third kappa shape index (κ3) is 3.96. The van der Waals surface area contributed by atoms with Crippen LogP contribution in [0, 0.1) is 6.92 Å². The van der Waals surface area contributed by atoms with Crippen LogP contribution in [0.1, 0.15) is 18.4 Å². The standard InChI is InChI=1S/C16H19BrN4O/c1-11-4-5-14(13(17)7-11)21-16-8-15(19-10-20-16)18-9-12-3-2-6-22-12/h4-5,7-8,10,12H,2-3,6,9H2,1H3,(H2,18,19,20,21). The Morgan fingerprint density at radius 1 is 1.27 bits per heavy atom. The number of nitrogens with zero attached hydrogens (tertiary/aromatic N) is 2. The highest BCUT2D eigenvalue weighted by molar-refractivity contribution is 9.10. The van der Waals surface area contributed by atoms with Crippen LogP contribution in [0.3, 0.4) is 0 Å². The van der Waals surface area contributed by atoms with Gasteiger partial charge in [0, 0.05) is 23.7 Å². The molecule has 1 aromatic carbocycles. The number of ether oxygens (including phenoxy) is 1. The zero-order chi connectivity index (χ0) is 15.4. The van der Waals surface area contributed by atoms with Crippen molar-refractivity contribution in [1.82, 2.24) is 9.97 Å². The first-order valence-electron chi connectivity index (χ1n) is 7.41. The molecule has 1 atom stereocenters. The van der Waals surface area contributed by atoms with Crippen molar-refractivity contribution in [2.45, 2.75) is 25.9 Å². The summed E-state index contributed by atoms with van der Waals surface area (Å²) in [5, 5.41) is 6.61. The largest absolute Gasteiger partial charge is 0.376 e. The first-order valence-corrected chi connectivity index (χ1v) is 8.21. The lowest BCUT2D eigenvalue weighted by Gasteiger charge is -2.12. The van der Waals surface area contributed by atoms with Crippen LogP contribution in [0.25, 0.3) is 0 Å². The molecule has 1 aliphatic heterocycles. The van der Waals surface area contributed by atoms with E-state index in [1.807, 2.05) is 12.1 Å². The Kier molecular flexibility index (Phi) is 4.90. The van der Waals surface area contributed by atoms with Gasteiger partial charge in [-0.25, -0.2) is 9.97 Å². The molecular formula is C16H19BrN4O. The van der Waals surface area contributed by atoms with Gasteiger partial charge < -0.3 is 15.4 Å². The van der Waals surface area contributed by atoms with E-state index >= 15 is 0 Å². The van der Waals surface area contributed by atoms with Crippen molar-refractivity contribution in [3.8, 4) is 0 Å². The summed E-state index contributed by atoms with van der Waals surface area (Å²) in [7, 11) is 0. The van der Waals surface area contributed by atoms with Gasteiger partial charge in [0.25, 0.3) is 0 Å². The van der Waals surface area contributed by atoms with E-state index < -0.39 is 0 Å². The number of benzene rings is 1. The van der Waals surface area contributed by atoms with Crippen LogP contribution in [0.4, 0.5) is 17.3 Å². The van der Waals surface area contributed by atoms with Crippen LogP contribution in [0.15, 0.2) is 35.1 Å². The van der Waals surface area contributed by atoms with Gasteiger partial charge in [0.1, 0.15) is 18.0 Å². The van der Waals surface area contributed by atoms with Gasteiger partial charge in [-0.15, -0.1) is 0 Å². The summed E-state index contributed by atoms with van der Waals surface area (Å²) in [5.74, 6) is 1.56. The Bertz CT molecular complexity index is 644. The Morgan fingerprint density at radius 3 is 2.91 bits per heavy atom. The molecule has 0 radical (unpaired) electrons. The van der Waals surface area contributed by atoms with E-state index in [-0.39, 0.29) is 6.10 Å². The number of anilines is 3. The third-order valence-corrected chi connectivity index (χ3v) is 4.25. The van der Waals surface area contributed by atoms with Crippen LogP contribution >= 0.6 is 15.9 Å². The summed E-state index contributed by atoms with van der Waals surface area (Å²) in [6.07, 6.45) is 4.10. The Balaban J connectivity index is 1.65. The maximum absolute atomic E-state index is 5.60. The second-order valence-corrected chi connectivity index (χ2v) is 6.27. The number of hydrogen-bond donors (Lipinski definition) is 2. The zero-order valence-electron chi connectivity index (χ0n) is 12.5. The normalized spacial score (nSPS) is 17.5. The van der Waals surface area contributed by atoms with Gasteiger partial charge >= 0.3 is 0 Å². The number of rotatable bonds is 5. The molecule has 6 heteroatoms. The van der Waals surface area contributed by atoms with Crippen LogP contribution in [0.2, 0.25) is 0 Å². The highest BCUT2D eigenvalue weighted by atomic mass is 79.9. The molecule has 116 valence electrons. The van der Waals surface area contributed by atoms with Gasteiger partial charge in [-0.05, 0) is 53.4 Å². The van der Waals surface area contributed by atoms with Crippen molar-refractivity contribution in [2.75, 3.05) is 23.8 Å². The molecule has 0 aliphatic carbocycles. The van der Waals surface area contributed by atoms with Crippen LogP contribution in [-0.2, 0) is 4.74 Å². The van der Waals surface area contributed by atoms with Gasteiger partial charge in [-0.2, -0.15) is 0 Å². The topological polar surface area (TPSA) is 59.1 Å². The molecule has 2 heterocycles. The van der Waals surface area contributed by atoms with Crippen LogP contribution in [-0.4, -0.2) is 29.2 Å². The van der Waals surface area contributed by atoms with Crippen LogP contribution < -0.4 is 10.6 Å². The maximum atomic E-state index is 5.60. The van der Waals surface area contributed by atoms with Crippen molar-refractivity contribution >= 4 is 33.3 Å². The van der Waals surface area contributed by atoms with E-state index in [2.05, 4.69) is 55.6 Å². The van der Waals surface area contributed by atoms with Crippen molar-refractivity contribution in [3.05, 3.63) is 40.6 Å². The Labute approximate surface area is 138 Å². The zero-order valence-corrected chi connectivity index (χ0v) is 14.1. The fourth-order valence-electron chi connectivity index (χ4n) is 2.41. The highest BCUT2D eigenvalue weighted by Gasteiger charge is 2.15. The minimum absolute atomic E-state index is 0.289. The molecular weight excluding hydrogens is 344 g/mol. The van der Waals surface area contributed by atoms with Gasteiger partial charge in [0.05, 0.1) is 11.8 Å². The van der Waals surface area contributed by atoms with Crippen molar-refractivity contribution in [1.29, 1.82) is 0 Å². The molecule has 0 bridgehead atoms. The van der Waals surface area contributed by atoms with Gasteiger partial charge in [0.2, 0.25) is 0 Å². The summed E-state index contributed by atoms with van der Waals surface area (Å²) >= 11 is 3.56. The molecule has 2 aromatic rings. The molecule has 2 N–H and O–H groups in total. The predicted molar refractivity (Wildman–Crippen MR) is 91.7 cm³/mol. The van der Waals surface area contributed by atoms with Crippen LogP contribution in [0.5, 0.6) is 0 Å². The molecule has 1 aromatic heterocycles. The minimum atomic E-state index is 0.289. The Morgan fingerprint density at radius 2 is 2.14 bits per heavy atom. The number of halogens is 1. The average Bonchev–Trinajstić information content (AvgIpc) is 3.02. The highest BCUT2D eigenvalue weighted by Crippen LogP contribution is 2.26. The molecule has 1 aliphatic rings. The summed E-state index contributed by atoms with van der Waals surface area (Å²) < 4.78 is 6.61. The first-order chi connectivity index (χ1) is 10.7. The molecule has 0 saturated carbocycles.